The number of carbonyl (C=O) groups excluding carboxylic acids is 2. The van der Waals surface area contributed by atoms with Crippen LogP contribution in [0.1, 0.15) is 28.2 Å². The van der Waals surface area contributed by atoms with E-state index in [1.807, 2.05) is 24.4 Å². The van der Waals surface area contributed by atoms with E-state index in [1.54, 1.807) is 41.5 Å². The predicted molar refractivity (Wildman–Crippen MR) is 90.4 cm³/mol. The van der Waals surface area contributed by atoms with Gasteiger partial charge in [-0.1, -0.05) is 6.07 Å². The van der Waals surface area contributed by atoms with Gasteiger partial charge in [0.25, 0.3) is 5.91 Å². The Labute approximate surface area is 144 Å². The summed E-state index contributed by atoms with van der Waals surface area (Å²) in [5, 5.41) is 4.63. The first-order chi connectivity index (χ1) is 11.6. The summed E-state index contributed by atoms with van der Waals surface area (Å²) in [5.74, 6) is 0.688. The minimum Gasteiger partial charge on any atom is -0.454 e. The molecule has 1 N–H and O–H groups in total. The second-order valence-electron chi connectivity index (χ2n) is 5.45. The summed E-state index contributed by atoms with van der Waals surface area (Å²) in [6.45, 7) is 2.06. The molecule has 6 nitrogen and oxygen atoms in total. The fourth-order valence-corrected chi connectivity index (χ4v) is 3.18. The maximum Gasteiger partial charge on any atom is 0.251 e. The summed E-state index contributed by atoms with van der Waals surface area (Å²) in [6.07, 6.45) is 0. The van der Waals surface area contributed by atoms with E-state index < -0.39 is 0 Å². The van der Waals surface area contributed by atoms with E-state index in [9.17, 15) is 9.59 Å². The summed E-state index contributed by atoms with van der Waals surface area (Å²) in [5.41, 5.74) is 0.431. The third-order valence-electron chi connectivity index (χ3n) is 3.96. The highest BCUT2D eigenvalue weighted by molar-refractivity contribution is 7.10. The van der Waals surface area contributed by atoms with Crippen molar-refractivity contribution in [2.45, 2.75) is 13.0 Å². The maximum atomic E-state index is 12.3. The number of fused-ring (bicyclic) bond motifs is 1. The number of ether oxygens (including phenoxy) is 2. The van der Waals surface area contributed by atoms with Gasteiger partial charge in [0.05, 0.1) is 12.6 Å². The van der Waals surface area contributed by atoms with Gasteiger partial charge in [0.1, 0.15) is 0 Å². The Kier molecular flexibility index (Phi) is 4.71. The molecule has 1 aromatic carbocycles. The van der Waals surface area contributed by atoms with Crippen LogP contribution in [0.4, 0.5) is 0 Å². The lowest BCUT2D eigenvalue weighted by Crippen LogP contribution is -2.39. The van der Waals surface area contributed by atoms with Crippen LogP contribution in [-0.4, -0.2) is 37.1 Å². The van der Waals surface area contributed by atoms with Gasteiger partial charge in [-0.15, -0.1) is 11.3 Å². The fourth-order valence-electron chi connectivity index (χ4n) is 2.36. The first-order valence-electron chi connectivity index (χ1n) is 7.53. The van der Waals surface area contributed by atoms with Gasteiger partial charge in [0, 0.05) is 17.5 Å². The number of amides is 2. The highest BCUT2D eigenvalue weighted by Crippen LogP contribution is 2.32. The van der Waals surface area contributed by atoms with Crippen LogP contribution in [0.5, 0.6) is 11.5 Å². The van der Waals surface area contributed by atoms with Crippen LogP contribution < -0.4 is 14.8 Å². The molecule has 1 aliphatic heterocycles. The Morgan fingerprint density at radius 2 is 2.08 bits per heavy atom. The van der Waals surface area contributed by atoms with Crippen molar-refractivity contribution in [3.8, 4) is 11.5 Å². The van der Waals surface area contributed by atoms with E-state index in [0.717, 1.165) is 4.88 Å². The number of thiophene rings is 1. The molecule has 0 aliphatic carbocycles. The fraction of sp³-hybridized carbons (Fsp3) is 0.294. The van der Waals surface area contributed by atoms with Crippen molar-refractivity contribution in [1.29, 1.82) is 0 Å². The molecular formula is C17H18N2O4S. The molecular weight excluding hydrogens is 328 g/mol. The Balaban J connectivity index is 1.56. The van der Waals surface area contributed by atoms with E-state index in [1.165, 1.54) is 0 Å². The molecule has 1 aliphatic rings. The number of rotatable bonds is 5. The lowest BCUT2D eigenvalue weighted by atomic mass is 10.2. The molecule has 2 amide bonds. The Morgan fingerprint density at radius 3 is 2.83 bits per heavy atom. The van der Waals surface area contributed by atoms with Gasteiger partial charge in [0.15, 0.2) is 11.5 Å². The standard InChI is InChI=1S/C17H18N2O4S/c1-11(15-4-3-7-24-15)19(2)16(20)9-18-17(21)12-5-6-13-14(8-12)23-10-22-13/h3-8,11H,9-10H2,1-2H3,(H,18,21). The van der Waals surface area contributed by atoms with Crippen molar-refractivity contribution < 1.29 is 19.1 Å². The van der Waals surface area contributed by atoms with Gasteiger partial charge in [-0.2, -0.15) is 0 Å². The van der Waals surface area contributed by atoms with Crippen LogP contribution in [0.3, 0.4) is 0 Å². The summed E-state index contributed by atoms with van der Waals surface area (Å²) in [6, 6.07) is 8.86. The minimum atomic E-state index is -0.321. The molecule has 24 heavy (non-hydrogen) atoms. The van der Waals surface area contributed by atoms with Crippen molar-refractivity contribution in [2.75, 3.05) is 20.4 Å². The van der Waals surface area contributed by atoms with E-state index in [0.29, 0.717) is 17.1 Å². The normalized spacial score (nSPS) is 13.4. The average Bonchev–Trinajstić information content (AvgIpc) is 3.28. The monoisotopic (exact) mass is 346 g/mol. The van der Waals surface area contributed by atoms with Crippen LogP contribution in [0.2, 0.25) is 0 Å². The maximum absolute atomic E-state index is 12.3. The van der Waals surface area contributed by atoms with Crippen LogP contribution in [0, 0.1) is 0 Å². The van der Waals surface area contributed by atoms with E-state index >= 15 is 0 Å². The van der Waals surface area contributed by atoms with Crippen molar-refractivity contribution in [2.24, 2.45) is 0 Å². The van der Waals surface area contributed by atoms with Gasteiger partial charge in [-0.05, 0) is 36.6 Å². The summed E-state index contributed by atoms with van der Waals surface area (Å²) in [7, 11) is 1.74. The number of nitrogens with one attached hydrogen (secondary N) is 1. The van der Waals surface area contributed by atoms with E-state index in [2.05, 4.69) is 5.32 Å². The van der Waals surface area contributed by atoms with E-state index in [4.69, 9.17) is 9.47 Å². The second kappa shape index (κ2) is 6.92. The largest absolute Gasteiger partial charge is 0.454 e. The number of nitrogens with zero attached hydrogens (tertiary/aromatic N) is 1. The SMILES string of the molecule is CC(c1cccs1)N(C)C(=O)CNC(=O)c1ccc2c(c1)OCO2. The summed E-state index contributed by atoms with van der Waals surface area (Å²) >= 11 is 1.60. The molecule has 126 valence electrons. The summed E-state index contributed by atoms with van der Waals surface area (Å²) < 4.78 is 10.5. The van der Waals surface area contributed by atoms with Gasteiger partial charge in [-0.3, -0.25) is 9.59 Å². The number of hydrogen-bond acceptors (Lipinski definition) is 5. The molecule has 3 rings (SSSR count). The Bertz CT molecular complexity index is 745. The van der Waals surface area contributed by atoms with Gasteiger partial charge in [0.2, 0.25) is 12.7 Å². The number of carbonyl (C=O) groups is 2. The van der Waals surface area contributed by atoms with Gasteiger partial charge in [-0.25, -0.2) is 0 Å². The molecule has 0 fully saturated rings. The smallest absolute Gasteiger partial charge is 0.251 e. The molecule has 0 saturated carbocycles. The topological polar surface area (TPSA) is 67.9 Å². The third-order valence-corrected chi connectivity index (χ3v) is 5.01. The first kappa shape index (κ1) is 16.3. The van der Waals surface area contributed by atoms with Crippen molar-refractivity contribution in [3.63, 3.8) is 0 Å². The van der Waals surface area contributed by atoms with Crippen molar-refractivity contribution in [3.05, 3.63) is 46.2 Å². The quantitative estimate of drug-likeness (QED) is 0.903. The van der Waals surface area contributed by atoms with Crippen molar-refractivity contribution in [1.82, 2.24) is 10.2 Å². The second-order valence-corrected chi connectivity index (χ2v) is 6.43. The molecule has 7 heteroatoms. The molecule has 2 aromatic rings. The Morgan fingerprint density at radius 1 is 1.29 bits per heavy atom. The number of hydrogen-bond donors (Lipinski definition) is 1. The zero-order chi connectivity index (χ0) is 17.1. The first-order valence-corrected chi connectivity index (χ1v) is 8.41. The molecule has 0 radical (unpaired) electrons. The third kappa shape index (κ3) is 3.35. The molecule has 1 unspecified atom stereocenters. The molecule has 0 saturated heterocycles. The highest BCUT2D eigenvalue weighted by Gasteiger charge is 2.20. The lowest BCUT2D eigenvalue weighted by molar-refractivity contribution is -0.130. The average molecular weight is 346 g/mol. The van der Waals surface area contributed by atoms with Crippen LogP contribution in [0.25, 0.3) is 0 Å². The number of benzene rings is 1. The summed E-state index contributed by atoms with van der Waals surface area (Å²) in [4.78, 5) is 27.2. The van der Waals surface area contributed by atoms with Crippen LogP contribution >= 0.6 is 11.3 Å². The highest BCUT2D eigenvalue weighted by atomic mass is 32.1. The Hall–Kier alpha value is -2.54. The number of likely N-dealkylation sites (N-methyl/N-ethyl adjacent to an activating group) is 1. The van der Waals surface area contributed by atoms with Crippen molar-refractivity contribution >= 4 is 23.2 Å². The van der Waals surface area contributed by atoms with Crippen LogP contribution in [0.15, 0.2) is 35.7 Å². The van der Waals surface area contributed by atoms with E-state index in [-0.39, 0.29) is 31.2 Å². The van der Waals surface area contributed by atoms with Gasteiger partial charge < -0.3 is 19.7 Å². The molecule has 2 heterocycles. The lowest BCUT2D eigenvalue weighted by Gasteiger charge is -2.24. The molecule has 0 spiro atoms. The predicted octanol–water partition coefficient (Wildman–Crippen LogP) is 2.43. The molecule has 0 bridgehead atoms. The zero-order valence-corrected chi connectivity index (χ0v) is 14.3. The minimum absolute atomic E-state index is 0.0278. The van der Waals surface area contributed by atoms with Gasteiger partial charge >= 0.3 is 0 Å². The zero-order valence-electron chi connectivity index (χ0n) is 13.4. The van der Waals surface area contributed by atoms with Crippen LogP contribution in [-0.2, 0) is 4.79 Å². The molecule has 1 aromatic heterocycles. The molecule has 1 atom stereocenters.